The van der Waals surface area contributed by atoms with E-state index >= 15 is 0 Å². The van der Waals surface area contributed by atoms with Gasteiger partial charge in [-0.25, -0.2) is 0 Å². The van der Waals surface area contributed by atoms with Gasteiger partial charge >= 0.3 is 0 Å². The highest BCUT2D eigenvalue weighted by atomic mass is 16.1. The van der Waals surface area contributed by atoms with Gasteiger partial charge in [0.2, 0.25) is 5.91 Å². The van der Waals surface area contributed by atoms with E-state index in [1.807, 2.05) is 0 Å². The monoisotopic (exact) mass is 254 g/mol. The molecular weight excluding hydrogens is 228 g/mol. The zero-order chi connectivity index (χ0) is 13.1. The quantitative estimate of drug-likeness (QED) is 0.721. The van der Waals surface area contributed by atoms with Crippen molar-refractivity contribution in [2.75, 3.05) is 32.7 Å². The number of carbonyl (C=O) groups is 1. The third-order valence-electron chi connectivity index (χ3n) is 4.31. The van der Waals surface area contributed by atoms with E-state index < -0.39 is 0 Å². The SMILES string of the molecule is CC(C)N1CCC(N2CCNCC2C(N)=O)CC1. The molecule has 1 atom stereocenters. The minimum Gasteiger partial charge on any atom is -0.368 e. The van der Waals surface area contributed by atoms with Gasteiger partial charge < -0.3 is 16.0 Å². The molecule has 2 fully saturated rings. The highest BCUT2D eigenvalue weighted by molar-refractivity contribution is 5.80. The first kappa shape index (κ1) is 13.8. The summed E-state index contributed by atoms with van der Waals surface area (Å²) in [5.74, 6) is -0.187. The minimum atomic E-state index is -0.187. The van der Waals surface area contributed by atoms with Gasteiger partial charge in [0, 0.05) is 31.7 Å². The lowest BCUT2D eigenvalue weighted by Crippen LogP contribution is -2.61. The largest absolute Gasteiger partial charge is 0.368 e. The minimum absolute atomic E-state index is 0.116. The molecule has 2 saturated heterocycles. The van der Waals surface area contributed by atoms with E-state index in [4.69, 9.17) is 5.73 Å². The smallest absolute Gasteiger partial charge is 0.236 e. The van der Waals surface area contributed by atoms with Gasteiger partial charge in [0.15, 0.2) is 0 Å². The predicted octanol–water partition coefficient (Wildman–Crippen LogP) is -0.382. The summed E-state index contributed by atoms with van der Waals surface area (Å²) in [6.07, 6.45) is 2.31. The van der Waals surface area contributed by atoms with Crippen LogP contribution < -0.4 is 11.1 Å². The Labute approximate surface area is 110 Å². The van der Waals surface area contributed by atoms with Crippen LogP contribution in [0.25, 0.3) is 0 Å². The van der Waals surface area contributed by atoms with Gasteiger partial charge in [-0.15, -0.1) is 0 Å². The lowest BCUT2D eigenvalue weighted by Gasteiger charge is -2.44. The molecule has 0 saturated carbocycles. The Morgan fingerprint density at radius 2 is 1.94 bits per heavy atom. The van der Waals surface area contributed by atoms with Crippen molar-refractivity contribution < 1.29 is 4.79 Å². The highest BCUT2D eigenvalue weighted by Gasteiger charge is 2.34. The summed E-state index contributed by atoms with van der Waals surface area (Å²) in [4.78, 5) is 16.4. The topological polar surface area (TPSA) is 61.6 Å². The van der Waals surface area contributed by atoms with E-state index in [0.717, 1.165) is 39.0 Å². The number of nitrogens with one attached hydrogen (secondary N) is 1. The van der Waals surface area contributed by atoms with Gasteiger partial charge in [0.1, 0.15) is 6.04 Å². The molecule has 0 aromatic rings. The second kappa shape index (κ2) is 5.99. The van der Waals surface area contributed by atoms with Crippen LogP contribution in [0.4, 0.5) is 0 Å². The molecule has 18 heavy (non-hydrogen) atoms. The van der Waals surface area contributed by atoms with Gasteiger partial charge in [0.05, 0.1) is 0 Å². The average molecular weight is 254 g/mol. The van der Waals surface area contributed by atoms with Crippen LogP contribution in [0.1, 0.15) is 26.7 Å². The summed E-state index contributed by atoms with van der Waals surface area (Å²) in [7, 11) is 0. The molecule has 2 aliphatic heterocycles. The lowest BCUT2D eigenvalue weighted by atomic mass is 9.98. The molecule has 0 spiro atoms. The van der Waals surface area contributed by atoms with Crippen molar-refractivity contribution in [2.24, 2.45) is 5.73 Å². The van der Waals surface area contributed by atoms with E-state index in [9.17, 15) is 4.79 Å². The molecule has 0 aliphatic carbocycles. The Morgan fingerprint density at radius 3 is 2.50 bits per heavy atom. The zero-order valence-electron chi connectivity index (χ0n) is 11.6. The Morgan fingerprint density at radius 1 is 1.28 bits per heavy atom. The molecule has 2 heterocycles. The molecule has 3 N–H and O–H groups in total. The van der Waals surface area contributed by atoms with Crippen LogP contribution in [-0.2, 0) is 4.79 Å². The molecule has 1 amide bonds. The first-order valence-electron chi connectivity index (χ1n) is 7.09. The molecular formula is C13H26N4O. The summed E-state index contributed by atoms with van der Waals surface area (Å²) in [6, 6.07) is 1.04. The number of hydrogen-bond donors (Lipinski definition) is 2. The van der Waals surface area contributed by atoms with Gasteiger partial charge in [-0.2, -0.15) is 0 Å². The summed E-state index contributed by atoms with van der Waals surface area (Å²) < 4.78 is 0. The molecule has 2 aliphatic rings. The number of rotatable bonds is 3. The summed E-state index contributed by atoms with van der Waals surface area (Å²) >= 11 is 0. The van der Waals surface area contributed by atoms with Crippen LogP contribution in [0, 0.1) is 0 Å². The first-order valence-corrected chi connectivity index (χ1v) is 7.09. The first-order chi connectivity index (χ1) is 8.59. The second-order valence-electron chi connectivity index (χ2n) is 5.72. The number of amides is 1. The van der Waals surface area contributed by atoms with Crippen LogP contribution in [0.2, 0.25) is 0 Å². The van der Waals surface area contributed by atoms with Crippen molar-refractivity contribution in [1.29, 1.82) is 0 Å². The van der Waals surface area contributed by atoms with Gasteiger partial charge in [-0.3, -0.25) is 9.69 Å². The second-order valence-corrected chi connectivity index (χ2v) is 5.72. The molecule has 0 aromatic carbocycles. The van der Waals surface area contributed by atoms with Crippen LogP contribution in [-0.4, -0.2) is 66.6 Å². The van der Waals surface area contributed by atoms with Crippen LogP contribution >= 0.6 is 0 Å². The average Bonchev–Trinajstić information content (AvgIpc) is 2.39. The number of hydrogen-bond acceptors (Lipinski definition) is 4. The molecule has 0 bridgehead atoms. The van der Waals surface area contributed by atoms with Gasteiger partial charge in [-0.05, 0) is 39.8 Å². The Hall–Kier alpha value is -0.650. The predicted molar refractivity (Wildman–Crippen MR) is 72.3 cm³/mol. The van der Waals surface area contributed by atoms with Crippen molar-refractivity contribution in [3.8, 4) is 0 Å². The van der Waals surface area contributed by atoms with Gasteiger partial charge in [-0.1, -0.05) is 0 Å². The number of likely N-dealkylation sites (tertiary alicyclic amines) is 1. The highest BCUT2D eigenvalue weighted by Crippen LogP contribution is 2.21. The normalized spacial score (nSPS) is 28.7. The molecule has 1 unspecified atom stereocenters. The van der Waals surface area contributed by atoms with E-state index in [1.165, 1.54) is 0 Å². The molecule has 2 rings (SSSR count). The zero-order valence-corrected chi connectivity index (χ0v) is 11.6. The van der Waals surface area contributed by atoms with E-state index in [2.05, 4.69) is 29.0 Å². The summed E-state index contributed by atoms with van der Waals surface area (Å²) in [6.45, 7) is 9.39. The van der Waals surface area contributed by atoms with Crippen LogP contribution in [0.5, 0.6) is 0 Å². The van der Waals surface area contributed by atoms with Crippen molar-refractivity contribution >= 4 is 5.91 Å². The van der Waals surface area contributed by atoms with E-state index in [0.29, 0.717) is 18.6 Å². The van der Waals surface area contributed by atoms with Crippen LogP contribution in [0.3, 0.4) is 0 Å². The fourth-order valence-electron chi connectivity index (χ4n) is 3.15. The maximum Gasteiger partial charge on any atom is 0.236 e. The Kier molecular flexibility index (Phi) is 4.59. The molecule has 104 valence electrons. The maximum atomic E-state index is 11.5. The van der Waals surface area contributed by atoms with E-state index in [1.54, 1.807) is 0 Å². The lowest BCUT2D eigenvalue weighted by molar-refractivity contribution is -0.125. The summed E-state index contributed by atoms with van der Waals surface area (Å²) in [5.41, 5.74) is 5.51. The fraction of sp³-hybridized carbons (Fsp3) is 0.923. The van der Waals surface area contributed by atoms with Crippen LogP contribution in [0.15, 0.2) is 0 Å². The Bertz CT molecular complexity index is 287. The molecule has 0 radical (unpaired) electrons. The number of nitrogens with two attached hydrogens (primary N) is 1. The number of piperidine rings is 1. The standard InChI is InChI=1S/C13H26N4O/c1-10(2)16-6-3-11(4-7-16)17-8-5-15-9-12(17)13(14)18/h10-12,15H,3-9H2,1-2H3,(H2,14,18). The Balaban J connectivity index is 1.93. The van der Waals surface area contributed by atoms with Gasteiger partial charge in [0.25, 0.3) is 0 Å². The van der Waals surface area contributed by atoms with Crippen molar-refractivity contribution in [3.63, 3.8) is 0 Å². The number of piperazine rings is 1. The molecule has 5 nitrogen and oxygen atoms in total. The number of carbonyl (C=O) groups excluding carboxylic acids is 1. The van der Waals surface area contributed by atoms with Crippen molar-refractivity contribution in [1.82, 2.24) is 15.1 Å². The third-order valence-corrected chi connectivity index (χ3v) is 4.31. The van der Waals surface area contributed by atoms with Crippen molar-refractivity contribution in [3.05, 3.63) is 0 Å². The van der Waals surface area contributed by atoms with Crippen molar-refractivity contribution in [2.45, 2.75) is 44.8 Å². The summed E-state index contributed by atoms with van der Waals surface area (Å²) in [5, 5.41) is 3.26. The third kappa shape index (κ3) is 3.02. The number of primary amides is 1. The molecule has 0 aromatic heterocycles. The number of nitrogens with zero attached hydrogens (tertiary/aromatic N) is 2. The maximum absolute atomic E-state index is 11.5. The molecule has 5 heteroatoms. The van der Waals surface area contributed by atoms with E-state index in [-0.39, 0.29) is 11.9 Å². The fourth-order valence-corrected chi connectivity index (χ4v) is 3.15.